The number of carbonyl (C=O) groups is 1. The summed E-state index contributed by atoms with van der Waals surface area (Å²) in [6.45, 7) is 2.85. The van der Waals surface area contributed by atoms with Crippen molar-refractivity contribution in [2.24, 2.45) is 0 Å². The molecule has 0 saturated heterocycles. The molecule has 3 aromatic rings. The average Bonchev–Trinajstić information content (AvgIpc) is 3.03. The predicted molar refractivity (Wildman–Crippen MR) is 111 cm³/mol. The third-order valence-corrected chi connectivity index (χ3v) is 5.75. The summed E-state index contributed by atoms with van der Waals surface area (Å²) in [7, 11) is 0. The molecule has 136 valence electrons. The van der Waals surface area contributed by atoms with Crippen LogP contribution in [0.15, 0.2) is 47.4 Å². The van der Waals surface area contributed by atoms with Crippen LogP contribution in [0.25, 0.3) is 10.2 Å². The largest absolute Gasteiger partial charge is 0.494 e. The first-order chi connectivity index (χ1) is 12.6. The number of ether oxygens (including phenoxy) is 1. The van der Waals surface area contributed by atoms with Crippen LogP contribution in [0.5, 0.6) is 5.75 Å². The van der Waals surface area contributed by atoms with E-state index in [2.05, 4.69) is 17.2 Å². The standard InChI is InChI=1S/C19H19ClN2O2S2/c1-2-3-10-24-14-6-9-16-17(11-14)26-19(21-16)22-18(23)12-25-15-7-4-13(20)5-8-15/h4-9,11H,2-3,10,12H2,1H3,(H,21,22,23). The zero-order chi connectivity index (χ0) is 18.4. The number of unbranched alkanes of at least 4 members (excludes halogenated alkanes) is 1. The second kappa shape index (κ2) is 9.26. The smallest absolute Gasteiger partial charge is 0.236 e. The van der Waals surface area contributed by atoms with E-state index in [4.69, 9.17) is 16.3 Å². The van der Waals surface area contributed by atoms with Gasteiger partial charge in [0.25, 0.3) is 0 Å². The molecule has 0 saturated carbocycles. The van der Waals surface area contributed by atoms with Crippen molar-refractivity contribution < 1.29 is 9.53 Å². The Balaban J connectivity index is 1.57. The number of nitrogens with one attached hydrogen (secondary N) is 1. The molecule has 1 N–H and O–H groups in total. The summed E-state index contributed by atoms with van der Waals surface area (Å²) < 4.78 is 6.72. The number of amides is 1. The zero-order valence-corrected chi connectivity index (χ0v) is 16.7. The Labute approximate surface area is 165 Å². The topological polar surface area (TPSA) is 51.2 Å². The van der Waals surface area contributed by atoms with Crippen LogP contribution in [-0.2, 0) is 4.79 Å². The summed E-state index contributed by atoms with van der Waals surface area (Å²) in [6.07, 6.45) is 2.14. The number of thiazole rings is 1. The molecule has 0 atom stereocenters. The fraction of sp³-hybridized carbons (Fsp3) is 0.263. The molecule has 0 aliphatic rings. The Morgan fingerprint density at radius 2 is 2.08 bits per heavy atom. The maximum atomic E-state index is 12.2. The van der Waals surface area contributed by atoms with E-state index in [9.17, 15) is 4.79 Å². The monoisotopic (exact) mass is 406 g/mol. The molecule has 4 nitrogen and oxygen atoms in total. The van der Waals surface area contributed by atoms with Crippen LogP contribution in [0.1, 0.15) is 19.8 Å². The summed E-state index contributed by atoms with van der Waals surface area (Å²) in [5.74, 6) is 1.08. The molecule has 0 aliphatic carbocycles. The molecule has 0 unspecified atom stereocenters. The number of anilines is 1. The van der Waals surface area contributed by atoms with Gasteiger partial charge in [-0.2, -0.15) is 0 Å². The average molecular weight is 407 g/mol. The van der Waals surface area contributed by atoms with E-state index in [1.807, 2.05) is 42.5 Å². The Kier molecular flexibility index (Phi) is 6.77. The van der Waals surface area contributed by atoms with Gasteiger partial charge in [-0.1, -0.05) is 36.3 Å². The van der Waals surface area contributed by atoms with Gasteiger partial charge in [-0.05, 0) is 48.9 Å². The van der Waals surface area contributed by atoms with Crippen LogP contribution in [0, 0.1) is 0 Å². The van der Waals surface area contributed by atoms with E-state index in [-0.39, 0.29) is 5.91 Å². The summed E-state index contributed by atoms with van der Waals surface area (Å²) in [6, 6.07) is 13.2. The van der Waals surface area contributed by atoms with Crippen molar-refractivity contribution in [3.8, 4) is 5.75 Å². The minimum absolute atomic E-state index is 0.0802. The molecule has 1 aromatic heterocycles. The number of fused-ring (bicyclic) bond motifs is 1. The maximum absolute atomic E-state index is 12.2. The van der Waals surface area contributed by atoms with Gasteiger partial charge in [0, 0.05) is 9.92 Å². The molecular weight excluding hydrogens is 388 g/mol. The lowest BCUT2D eigenvalue weighted by Gasteiger charge is -2.04. The van der Waals surface area contributed by atoms with Crippen molar-refractivity contribution in [3.05, 3.63) is 47.5 Å². The molecule has 1 amide bonds. The maximum Gasteiger partial charge on any atom is 0.236 e. The van der Waals surface area contributed by atoms with E-state index in [1.165, 1.54) is 23.1 Å². The molecule has 0 spiro atoms. The lowest BCUT2D eigenvalue weighted by Crippen LogP contribution is -2.13. The molecule has 2 aromatic carbocycles. The highest BCUT2D eigenvalue weighted by molar-refractivity contribution is 8.00. The first-order valence-electron chi connectivity index (χ1n) is 8.35. The van der Waals surface area contributed by atoms with Gasteiger partial charge in [-0.15, -0.1) is 11.8 Å². The van der Waals surface area contributed by atoms with Crippen molar-refractivity contribution in [1.29, 1.82) is 0 Å². The number of benzene rings is 2. The van der Waals surface area contributed by atoms with Crippen LogP contribution >= 0.6 is 34.7 Å². The second-order valence-electron chi connectivity index (χ2n) is 5.64. The number of rotatable bonds is 8. The Morgan fingerprint density at radius 1 is 1.27 bits per heavy atom. The van der Waals surface area contributed by atoms with Crippen LogP contribution in [0.4, 0.5) is 5.13 Å². The normalized spacial score (nSPS) is 10.8. The van der Waals surface area contributed by atoms with Gasteiger partial charge >= 0.3 is 0 Å². The van der Waals surface area contributed by atoms with Crippen LogP contribution in [-0.4, -0.2) is 23.3 Å². The number of nitrogens with zero attached hydrogens (tertiary/aromatic N) is 1. The van der Waals surface area contributed by atoms with Crippen molar-refractivity contribution in [1.82, 2.24) is 4.98 Å². The molecule has 26 heavy (non-hydrogen) atoms. The molecule has 0 bridgehead atoms. The van der Waals surface area contributed by atoms with Crippen LogP contribution in [0.3, 0.4) is 0 Å². The molecular formula is C19H19ClN2O2S2. The zero-order valence-electron chi connectivity index (χ0n) is 14.3. The minimum Gasteiger partial charge on any atom is -0.494 e. The van der Waals surface area contributed by atoms with Crippen molar-refractivity contribution >= 4 is 56.0 Å². The Morgan fingerprint density at radius 3 is 2.85 bits per heavy atom. The van der Waals surface area contributed by atoms with E-state index in [0.717, 1.165) is 33.7 Å². The summed E-state index contributed by atoms with van der Waals surface area (Å²) in [5, 5.41) is 4.16. The van der Waals surface area contributed by atoms with Crippen molar-refractivity contribution in [2.75, 3.05) is 17.7 Å². The molecule has 1 heterocycles. The predicted octanol–water partition coefficient (Wildman–Crippen LogP) is 5.86. The summed E-state index contributed by atoms with van der Waals surface area (Å²) in [4.78, 5) is 17.6. The lowest BCUT2D eigenvalue weighted by molar-refractivity contribution is -0.113. The number of thioether (sulfide) groups is 1. The highest BCUT2D eigenvalue weighted by Crippen LogP contribution is 2.29. The fourth-order valence-corrected chi connectivity index (χ4v) is 3.95. The van der Waals surface area contributed by atoms with Gasteiger partial charge in [0.05, 0.1) is 22.6 Å². The van der Waals surface area contributed by atoms with E-state index >= 15 is 0 Å². The van der Waals surface area contributed by atoms with Crippen LogP contribution < -0.4 is 10.1 Å². The van der Waals surface area contributed by atoms with Gasteiger partial charge in [-0.25, -0.2) is 4.98 Å². The van der Waals surface area contributed by atoms with Gasteiger partial charge < -0.3 is 10.1 Å². The number of carbonyl (C=O) groups excluding carboxylic acids is 1. The lowest BCUT2D eigenvalue weighted by atomic mass is 10.3. The highest BCUT2D eigenvalue weighted by Gasteiger charge is 2.09. The number of halogens is 1. The van der Waals surface area contributed by atoms with Gasteiger partial charge in [0.15, 0.2) is 5.13 Å². The van der Waals surface area contributed by atoms with Crippen molar-refractivity contribution in [2.45, 2.75) is 24.7 Å². The fourth-order valence-electron chi connectivity index (χ4n) is 2.22. The first-order valence-corrected chi connectivity index (χ1v) is 10.5. The minimum atomic E-state index is -0.0802. The van der Waals surface area contributed by atoms with Crippen LogP contribution in [0.2, 0.25) is 5.02 Å². The van der Waals surface area contributed by atoms with Gasteiger partial charge in [0.1, 0.15) is 5.75 Å². The quantitative estimate of drug-likeness (QED) is 0.376. The summed E-state index contributed by atoms with van der Waals surface area (Å²) in [5.41, 5.74) is 0.860. The number of aromatic nitrogens is 1. The van der Waals surface area contributed by atoms with E-state index in [0.29, 0.717) is 22.5 Å². The molecule has 0 aliphatic heterocycles. The SMILES string of the molecule is CCCCOc1ccc2nc(NC(=O)CSc3ccc(Cl)cc3)sc2c1. The van der Waals surface area contributed by atoms with E-state index in [1.54, 1.807) is 0 Å². The Hall–Kier alpha value is -1.76. The summed E-state index contributed by atoms with van der Waals surface area (Å²) >= 11 is 8.78. The molecule has 7 heteroatoms. The van der Waals surface area contributed by atoms with E-state index < -0.39 is 0 Å². The second-order valence-corrected chi connectivity index (χ2v) is 8.16. The van der Waals surface area contributed by atoms with Gasteiger partial charge in [-0.3, -0.25) is 4.79 Å². The number of hydrogen-bond acceptors (Lipinski definition) is 5. The molecule has 0 radical (unpaired) electrons. The number of hydrogen-bond donors (Lipinski definition) is 1. The Bertz CT molecular complexity index is 881. The van der Waals surface area contributed by atoms with Gasteiger partial charge in [0.2, 0.25) is 5.91 Å². The molecule has 3 rings (SSSR count). The highest BCUT2D eigenvalue weighted by atomic mass is 35.5. The third-order valence-electron chi connectivity index (χ3n) is 3.56. The third kappa shape index (κ3) is 5.37. The molecule has 0 fully saturated rings. The van der Waals surface area contributed by atoms with Crippen molar-refractivity contribution in [3.63, 3.8) is 0 Å². The first kappa shape index (κ1) is 19.0.